The van der Waals surface area contributed by atoms with Crippen molar-refractivity contribution in [3.05, 3.63) is 23.8 Å². The van der Waals surface area contributed by atoms with Crippen LogP contribution in [-0.2, 0) is 9.53 Å². The van der Waals surface area contributed by atoms with E-state index in [2.05, 4.69) is 16.6 Å². The topological polar surface area (TPSA) is 61.5 Å². The van der Waals surface area contributed by atoms with E-state index in [4.69, 9.17) is 10.5 Å². The van der Waals surface area contributed by atoms with E-state index < -0.39 is 0 Å². The Hall–Kier alpha value is -2.15. The van der Waals surface area contributed by atoms with E-state index in [1.54, 1.807) is 25.3 Å². The van der Waals surface area contributed by atoms with Gasteiger partial charge in [-0.1, -0.05) is 11.8 Å². The predicted octanol–water partition coefficient (Wildman–Crippen LogP) is 1.19. The lowest BCUT2D eigenvalue weighted by Crippen LogP contribution is -1.97. The van der Waals surface area contributed by atoms with Gasteiger partial charge >= 0.3 is 5.97 Å². The number of rotatable bonds is 2. The van der Waals surface area contributed by atoms with E-state index >= 15 is 0 Å². The van der Waals surface area contributed by atoms with Gasteiger partial charge < -0.3 is 15.2 Å². The Morgan fingerprint density at radius 1 is 1.44 bits per heavy atom. The molecule has 0 aliphatic heterocycles. The van der Waals surface area contributed by atoms with Crippen LogP contribution in [0.5, 0.6) is 5.75 Å². The lowest BCUT2D eigenvalue weighted by atomic mass is 10.1. The maximum absolute atomic E-state index is 10.8. The molecule has 16 heavy (non-hydrogen) atoms. The number of methoxy groups -OCH3 is 2. The fraction of sp³-hybridized carbons (Fsp3) is 0.250. The molecule has 1 aromatic carbocycles. The van der Waals surface area contributed by atoms with Crippen molar-refractivity contribution in [3.8, 4) is 17.6 Å². The monoisotopic (exact) mass is 219 g/mol. The molecule has 0 aliphatic carbocycles. The number of benzene rings is 1. The van der Waals surface area contributed by atoms with Gasteiger partial charge in [-0.3, -0.25) is 4.79 Å². The van der Waals surface area contributed by atoms with Gasteiger partial charge in [0.1, 0.15) is 12.2 Å². The highest BCUT2D eigenvalue weighted by Crippen LogP contribution is 2.18. The first-order valence-corrected chi connectivity index (χ1v) is 4.66. The Kier molecular flexibility index (Phi) is 4.22. The summed E-state index contributed by atoms with van der Waals surface area (Å²) in [5, 5.41) is 0. The number of hydrogen-bond donors (Lipinski definition) is 1. The van der Waals surface area contributed by atoms with Gasteiger partial charge in [-0.2, -0.15) is 0 Å². The van der Waals surface area contributed by atoms with Crippen LogP contribution in [0.4, 0.5) is 5.69 Å². The third kappa shape index (κ3) is 3.21. The highest BCUT2D eigenvalue weighted by atomic mass is 16.5. The van der Waals surface area contributed by atoms with E-state index in [-0.39, 0.29) is 12.4 Å². The maximum Gasteiger partial charge on any atom is 0.317 e. The van der Waals surface area contributed by atoms with Crippen molar-refractivity contribution in [3.63, 3.8) is 0 Å². The molecule has 1 aromatic rings. The average molecular weight is 219 g/mol. The van der Waals surface area contributed by atoms with Crippen molar-refractivity contribution in [1.82, 2.24) is 0 Å². The summed E-state index contributed by atoms with van der Waals surface area (Å²) >= 11 is 0. The molecule has 0 spiro atoms. The summed E-state index contributed by atoms with van der Waals surface area (Å²) in [6.07, 6.45) is 0.0575. The molecule has 0 atom stereocenters. The van der Waals surface area contributed by atoms with Crippen molar-refractivity contribution in [2.24, 2.45) is 0 Å². The second-order valence-corrected chi connectivity index (χ2v) is 3.01. The first kappa shape index (κ1) is 11.9. The summed E-state index contributed by atoms with van der Waals surface area (Å²) in [4.78, 5) is 10.8. The molecule has 0 amide bonds. The van der Waals surface area contributed by atoms with Gasteiger partial charge in [0.15, 0.2) is 0 Å². The molecule has 0 heterocycles. The molecule has 2 N–H and O–H groups in total. The highest BCUT2D eigenvalue weighted by Gasteiger charge is 1.98. The summed E-state index contributed by atoms with van der Waals surface area (Å²) in [7, 11) is 2.89. The predicted molar refractivity (Wildman–Crippen MR) is 60.9 cm³/mol. The fourth-order valence-electron chi connectivity index (χ4n) is 1.07. The molecule has 0 unspecified atom stereocenters. The molecule has 0 bridgehead atoms. The summed E-state index contributed by atoms with van der Waals surface area (Å²) in [5.74, 6) is 5.80. The summed E-state index contributed by atoms with van der Waals surface area (Å²) in [6.45, 7) is 0. The molecule has 1 rings (SSSR count). The minimum atomic E-state index is -0.361. The molecule has 0 fully saturated rings. The lowest BCUT2D eigenvalue weighted by Gasteiger charge is -2.02. The molecule has 0 radical (unpaired) electrons. The zero-order valence-electron chi connectivity index (χ0n) is 9.24. The molecule has 0 aromatic heterocycles. The Morgan fingerprint density at radius 3 is 2.75 bits per heavy atom. The van der Waals surface area contributed by atoms with Crippen LogP contribution in [0.3, 0.4) is 0 Å². The molecular weight excluding hydrogens is 206 g/mol. The van der Waals surface area contributed by atoms with Crippen LogP contribution in [0.2, 0.25) is 0 Å². The number of anilines is 1. The number of carbonyl (C=O) groups excluding carboxylic acids is 1. The smallest absolute Gasteiger partial charge is 0.317 e. The minimum absolute atomic E-state index is 0.0575. The minimum Gasteiger partial charge on any atom is -0.497 e. The molecule has 4 nitrogen and oxygen atoms in total. The first-order chi connectivity index (χ1) is 7.67. The summed E-state index contributed by atoms with van der Waals surface area (Å²) in [6, 6.07) is 5.19. The van der Waals surface area contributed by atoms with E-state index in [1.807, 2.05) is 0 Å². The molecule has 0 saturated heterocycles. The van der Waals surface area contributed by atoms with Crippen LogP contribution >= 0.6 is 0 Å². The van der Waals surface area contributed by atoms with Gasteiger partial charge in [-0.25, -0.2) is 0 Å². The van der Waals surface area contributed by atoms with Crippen LogP contribution in [-0.4, -0.2) is 20.2 Å². The highest BCUT2D eigenvalue weighted by molar-refractivity contribution is 5.72. The van der Waals surface area contributed by atoms with Gasteiger partial charge in [0, 0.05) is 11.6 Å². The van der Waals surface area contributed by atoms with E-state index in [9.17, 15) is 4.79 Å². The zero-order valence-corrected chi connectivity index (χ0v) is 9.24. The average Bonchev–Trinajstić information content (AvgIpc) is 2.30. The first-order valence-electron chi connectivity index (χ1n) is 4.66. The third-order valence-electron chi connectivity index (χ3n) is 1.94. The van der Waals surface area contributed by atoms with Crippen LogP contribution in [0.25, 0.3) is 0 Å². The zero-order chi connectivity index (χ0) is 12.0. The van der Waals surface area contributed by atoms with Crippen LogP contribution in [0.1, 0.15) is 12.0 Å². The SMILES string of the molecule is COC(=O)CC#Cc1ccc(OC)cc1N. The Morgan fingerprint density at radius 2 is 2.19 bits per heavy atom. The van der Waals surface area contributed by atoms with E-state index in [0.29, 0.717) is 17.0 Å². The lowest BCUT2D eigenvalue weighted by molar-refractivity contribution is -0.139. The third-order valence-corrected chi connectivity index (χ3v) is 1.94. The molecule has 4 heteroatoms. The Balaban J connectivity index is 2.77. The normalized spacial score (nSPS) is 8.88. The largest absolute Gasteiger partial charge is 0.497 e. The van der Waals surface area contributed by atoms with Crippen molar-refractivity contribution < 1.29 is 14.3 Å². The van der Waals surface area contributed by atoms with Gasteiger partial charge in [-0.15, -0.1) is 0 Å². The van der Waals surface area contributed by atoms with Gasteiger partial charge in [0.2, 0.25) is 0 Å². The molecule has 0 saturated carbocycles. The number of hydrogen-bond acceptors (Lipinski definition) is 4. The number of esters is 1. The number of carbonyl (C=O) groups is 1. The van der Waals surface area contributed by atoms with Gasteiger partial charge in [-0.05, 0) is 12.1 Å². The van der Waals surface area contributed by atoms with Crippen LogP contribution in [0, 0.1) is 11.8 Å². The molecule has 0 aliphatic rings. The second-order valence-electron chi connectivity index (χ2n) is 3.01. The maximum atomic E-state index is 10.8. The number of nitrogen functional groups attached to an aromatic ring is 1. The summed E-state index contributed by atoms with van der Waals surface area (Å²) < 4.78 is 9.47. The van der Waals surface area contributed by atoms with Gasteiger partial charge in [0.05, 0.1) is 19.9 Å². The Labute approximate surface area is 94.3 Å². The quantitative estimate of drug-likeness (QED) is 0.461. The summed E-state index contributed by atoms with van der Waals surface area (Å²) in [5.41, 5.74) is 6.94. The molecule has 84 valence electrons. The van der Waals surface area contributed by atoms with Crippen molar-refractivity contribution in [1.29, 1.82) is 0 Å². The van der Waals surface area contributed by atoms with E-state index in [1.165, 1.54) is 7.11 Å². The van der Waals surface area contributed by atoms with Crippen LogP contribution in [0.15, 0.2) is 18.2 Å². The van der Waals surface area contributed by atoms with Crippen LogP contribution < -0.4 is 10.5 Å². The fourth-order valence-corrected chi connectivity index (χ4v) is 1.07. The second kappa shape index (κ2) is 5.66. The van der Waals surface area contributed by atoms with E-state index in [0.717, 1.165) is 0 Å². The van der Waals surface area contributed by atoms with Crippen molar-refractivity contribution >= 4 is 11.7 Å². The van der Waals surface area contributed by atoms with Gasteiger partial charge in [0.25, 0.3) is 0 Å². The van der Waals surface area contributed by atoms with Crippen molar-refractivity contribution in [2.75, 3.05) is 20.0 Å². The van der Waals surface area contributed by atoms with Crippen molar-refractivity contribution in [2.45, 2.75) is 6.42 Å². The standard InChI is InChI=1S/C12H13NO3/c1-15-10-7-6-9(11(13)8-10)4-3-5-12(14)16-2/h6-8H,5,13H2,1-2H3. The number of nitrogens with two attached hydrogens (primary N) is 1. The Bertz CT molecular complexity index is 443. The molecular formula is C12H13NO3. The number of ether oxygens (including phenoxy) is 2.